The summed E-state index contributed by atoms with van der Waals surface area (Å²) in [6.45, 7) is -0.316. The highest BCUT2D eigenvalue weighted by molar-refractivity contribution is 5.95. The van der Waals surface area contributed by atoms with Crippen molar-refractivity contribution in [1.82, 2.24) is 10.6 Å². The molecule has 210 valence electrons. The predicted octanol–water partition coefficient (Wildman–Crippen LogP) is 5.01. The van der Waals surface area contributed by atoms with Crippen molar-refractivity contribution in [3.63, 3.8) is 0 Å². The molecule has 1 aliphatic carbocycles. The van der Waals surface area contributed by atoms with Crippen molar-refractivity contribution in [3.05, 3.63) is 107 Å². The lowest BCUT2D eigenvalue weighted by atomic mass is 9.90. The number of nitrogens with one attached hydrogen (secondary N) is 2. The Morgan fingerprint density at radius 1 is 0.875 bits per heavy atom. The Hall–Kier alpha value is -4.24. The van der Waals surface area contributed by atoms with Gasteiger partial charge in [-0.05, 0) is 47.7 Å². The lowest BCUT2D eigenvalue weighted by Gasteiger charge is -2.28. The summed E-state index contributed by atoms with van der Waals surface area (Å²) < 4.78 is 30.9. The first-order valence-electron chi connectivity index (χ1n) is 13.2. The summed E-state index contributed by atoms with van der Waals surface area (Å²) in [6.07, 6.45) is 2.52. The molecule has 0 aromatic heterocycles. The smallest absolute Gasteiger partial charge is 0.408 e. The number of halogens is 1. The predicted molar refractivity (Wildman–Crippen MR) is 146 cm³/mol. The second-order valence-electron chi connectivity index (χ2n) is 9.70. The Kier molecular flexibility index (Phi) is 9.86. The van der Waals surface area contributed by atoms with Crippen LogP contribution in [-0.4, -0.2) is 37.7 Å². The van der Waals surface area contributed by atoms with Crippen LogP contribution in [0.1, 0.15) is 52.7 Å². The van der Waals surface area contributed by atoms with Gasteiger partial charge in [0, 0.05) is 19.2 Å². The van der Waals surface area contributed by atoms with Crippen LogP contribution < -0.4 is 10.6 Å². The highest BCUT2D eigenvalue weighted by atomic mass is 19.1. The van der Waals surface area contributed by atoms with Gasteiger partial charge in [0.05, 0.1) is 5.60 Å². The minimum absolute atomic E-state index is 0.00185. The molecule has 0 saturated heterocycles. The number of carbonyl (C=O) groups is 3. The number of methoxy groups -OCH3 is 1. The molecule has 1 atom stereocenters. The van der Waals surface area contributed by atoms with E-state index in [4.69, 9.17) is 14.2 Å². The number of amides is 2. The summed E-state index contributed by atoms with van der Waals surface area (Å²) in [4.78, 5) is 38.5. The molecule has 40 heavy (non-hydrogen) atoms. The third kappa shape index (κ3) is 7.66. The molecular weight excluding hydrogens is 515 g/mol. The van der Waals surface area contributed by atoms with Crippen LogP contribution in [0.25, 0.3) is 0 Å². The van der Waals surface area contributed by atoms with Gasteiger partial charge in [0.2, 0.25) is 0 Å². The first-order chi connectivity index (χ1) is 19.4. The monoisotopic (exact) mass is 548 g/mol. The zero-order valence-corrected chi connectivity index (χ0v) is 22.4. The van der Waals surface area contributed by atoms with Crippen molar-refractivity contribution in [1.29, 1.82) is 0 Å². The van der Waals surface area contributed by atoms with Crippen LogP contribution in [0.3, 0.4) is 0 Å². The summed E-state index contributed by atoms with van der Waals surface area (Å²) in [5.41, 5.74) is 1.58. The van der Waals surface area contributed by atoms with Crippen molar-refractivity contribution in [2.75, 3.05) is 13.7 Å². The summed E-state index contributed by atoms with van der Waals surface area (Å²) in [6, 6.07) is 21.0. The molecule has 2 N–H and O–H groups in total. The second-order valence-corrected chi connectivity index (χ2v) is 9.70. The number of hydrogen-bond donors (Lipinski definition) is 2. The fourth-order valence-electron chi connectivity index (χ4n) is 4.77. The molecule has 3 aromatic carbocycles. The van der Waals surface area contributed by atoms with Crippen LogP contribution in [0.2, 0.25) is 0 Å². The van der Waals surface area contributed by atoms with E-state index in [1.54, 1.807) is 37.4 Å². The normalized spacial score (nSPS) is 14.7. The molecule has 1 fully saturated rings. The van der Waals surface area contributed by atoms with Crippen LogP contribution >= 0.6 is 0 Å². The maximum atomic E-state index is 14.5. The van der Waals surface area contributed by atoms with Crippen LogP contribution in [0, 0.1) is 5.82 Å². The fourth-order valence-corrected chi connectivity index (χ4v) is 4.77. The molecule has 1 saturated carbocycles. The quantitative estimate of drug-likeness (QED) is 0.327. The Morgan fingerprint density at radius 3 is 2.08 bits per heavy atom. The largest absolute Gasteiger partial charge is 0.459 e. The van der Waals surface area contributed by atoms with Gasteiger partial charge in [0.1, 0.15) is 25.1 Å². The SMILES string of the molecule is COC1(c2cc(F)cc(C(=O)NC[C@@H](NC(=O)OCc3ccccc3)C(=O)OCc3ccccc3)c2)CCCC1. The minimum Gasteiger partial charge on any atom is -0.459 e. The molecule has 2 amide bonds. The minimum atomic E-state index is -1.25. The van der Waals surface area contributed by atoms with Gasteiger partial charge in [-0.3, -0.25) is 4.79 Å². The van der Waals surface area contributed by atoms with Crippen molar-refractivity contribution < 1.29 is 33.0 Å². The maximum absolute atomic E-state index is 14.5. The third-order valence-electron chi connectivity index (χ3n) is 6.97. The van der Waals surface area contributed by atoms with E-state index in [0.29, 0.717) is 5.56 Å². The van der Waals surface area contributed by atoms with Crippen molar-refractivity contribution in [2.24, 2.45) is 0 Å². The van der Waals surface area contributed by atoms with Gasteiger partial charge in [-0.2, -0.15) is 0 Å². The van der Waals surface area contributed by atoms with Crippen molar-refractivity contribution >= 4 is 18.0 Å². The Labute approximate surface area is 232 Å². The maximum Gasteiger partial charge on any atom is 0.408 e. The van der Waals surface area contributed by atoms with E-state index in [-0.39, 0.29) is 25.3 Å². The van der Waals surface area contributed by atoms with E-state index < -0.39 is 35.4 Å². The zero-order chi connectivity index (χ0) is 28.4. The molecule has 8 nitrogen and oxygen atoms in total. The number of ether oxygens (including phenoxy) is 3. The molecule has 0 aliphatic heterocycles. The summed E-state index contributed by atoms with van der Waals surface area (Å²) in [5, 5.41) is 5.08. The number of esters is 1. The Bertz CT molecular complexity index is 1300. The number of carbonyl (C=O) groups excluding carboxylic acids is 3. The highest BCUT2D eigenvalue weighted by Gasteiger charge is 2.36. The molecule has 0 unspecified atom stereocenters. The van der Waals surface area contributed by atoms with Crippen LogP contribution in [0.5, 0.6) is 0 Å². The van der Waals surface area contributed by atoms with Gasteiger partial charge in [0.15, 0.2) is 0 Å². The third-order valence-corrected chi connectivity index (χ3v) is 6.97. The van der Waals surface area contributed by atoms with Gasteiger partial charge in [-0.15, -0.1) is 0 Å². The molecule has 1 aliphatic rings. The molecule has 9 heteroatoms. The van der Waals surface area contributed by atoms with Crippen molar-refractivity contribution in [2.45, 2.75) is 50.5 Å². The molecule has 3 aromatic rings. The number of alkyl carbamates (subject to hydrolysis) is 1. The van der Waals surface area contributed by atoms with Gasteiger partial charge < -0.3 is 24.8 Å². The number of rotatable bonds is 11. The van der Waals surface area contributed by atoms with Crippen molar-refractivity contribution in [3.8, 4) is 0 Å². The lowest BCUT2D eigenvalue weighted by Crippen LogP contribution is -2.49. The topological polar surface area (TPSA) is 103 Å². The van der Waals surface area contributed by atoms with E-state index in [2.05, 4.69) is 10.6 Å². The van der Waals surface area contributed by atoms with E-state index in [1.807, 2.05) is 36.4 Å². The van der Waals surface area contributed by atoms with E-state index in [9.17, 15) is 18.8 Å². The van der Waals surface area contributed by atoms with Gasteiger partial charge in [-0.25, -0.2) is 14.0 Å². The van der Waals surface area contributed by atoms with Crippen LogP contribution in [0.4, 0.5) is 9.18 Å². The average molecular weight is 549 g/mol. The van der Waals surface area contributed by atoms with Gasteiger partial charge in [-0.1, -0.05) is 73.5 Å². The Morgan fingerprint density at radius 2 is 1.48 bits per heavy atom. The summed E-state index contributed by atoms with van der Waals surface area (Å²) in [7, 11) is 1.59. The number of hydrogen-bond acceptors (Lipinski definition) is 6. The van der Waals surface area contributed by atoms with E-state index >= 15 is 0 Å². The first-order valence-corrected chi connectivity index (χ1v) is 13.2. The fraction of sp³-hybridized carbons (Fsp3) is 0.323. The molecule has 0 spiro atoms. The molecule has 0 radical (unpaired) electrons. The van der Waals surface area contributed by atoms with E-state index in [0.717, 1.165) is 42.9 Å². The summed E-state index contributed by atoms with van der Waals surface area (Å²) in [5.74, 6) is -1.93. The summed E-state index contributed by atoms with van der Waals surface area (Å²) >= 11 is 0. The first kappa shape index (κ1) is 28.8. The molecule has 0 heterocycles. The molecule has 4 rings (SSSR count). The van der Waals surface area contributed by atoms with Gasteiger partial charge in [0.25, 0.3) is 5.91 Å². The lowest BCUT2D eigenvalue weighted by molar-refractivity contribution is -0.147. The van der Waals surface area contributed by atoms with Crippen LogP contribution in [0.15, 0.2) is 78.9 Å². The standard InChI is InChI=1S/C31H33FN2O6/c1-38-31(14-8-9-15-31)25-16-24(17-26(32)18-25)28(35)33-19-27(29(36)39-20-22-10-4-2-5-11-22)34-30(37)40-21-23-12-6-3-7-13-23/h2-7,10-13,16-18,27H,8-9,14-15,19-21H2,1H3,(H,33,35)(H,34,37)/t27-/m1/s1. The second kappa shape index (κ2) is 13.7. The Balaban J connectivity index is 1.43. The zero-order valence-electron chi connectivity index (χ0n) is 22.4. The number of benzene rings is 3. The molecule has 0 bridgehead atoms. The van der Waals surface area contributed by atoms with Crippen LogP contribution in [-0.2, 0) is 37.8 Å². The van der Waals surface area contributed by atoms with E-state index in [1.165, 1.54) is 6.07 Å². The highest BCUT2D eigenvalue weighted by Crippen LogP contribution is 2.42. The van der Waals surface area contributed by atoms with Gasteiger partial charge >= 0.3 is 12.1 Å². The molecular formula is C31H33FN2O6. The average Bonchev–Trinajstić information content (AvgIpc) is 3.48.